The number of aromatic nitrogens is 3. The van der Waals surface area contributed by atoms with Gasteiger partial charge >= 0.3 is 0 Å². The molecule has 0 radical (unpaired) electrons. The van der Waals surface area contributed by atoms with Crippen LogP contribution in [-0.4, -0.2) is 26.0 Å². The summed E-state index contributed by atoms with van der Waals surface area (Å²) in [4.78, 5) is 38.6. The molecule has 9 nitrogen and oxygen atoms in total. The monoisotopic (exact) mass is 311 g/mol. The first kappa shape index (κ1) is 14.3. The smallest absolute Gasteiger partial charge is 0.281 e. The Hall–Kier alpha value is -3.62. The Labute approximate surface area is 128 Å². The van der Waals surface area contributed by atoms with E-state index in [9.17, 15) is 19.7 Å². The minimum atomic E-state index is -0.752. The normalized spacial score (nSPS) is 10.4. The second-order valence-electron chi connectivity index (χ2n) is 4.56. The molecule has 3 aromatic rings. The zero-order chi connectivity index (χ0) is 16.4. The fraction of sp³-hybridized carbons (Fsp3) is 0. The third-order valence-corrected chi connectivity index (χ3v) is 3.08. The Morgan fingerprint density at radius 1 is 1.26 bits per heavy atom. The number of carbonyl (C=O) groups excluding carboxylic acids is 1. The molecule has 0 atom stereocenters. The lowest BCUT2D eigenvalue weighted by molar-refractivity contribution is -0.384. The van der Waals surface area contributed by atoms with E-state index in [1.165, 1.54) is 18.3 Å². The van der Waals surface area contributed by atoms with Crippen LogP contribution in [0.3, 0.4) is 0 Å². The fourth-order valence-corrected chi connectivity index (χ4v) is 1.99. The van der Waals surface area contributed by atoms with E-state index < -0.39 is 22.0 Å². The Bertz CT molecular complexity index is 968. The molecule has 0 aliphatic rings. The van der Waals surface area contributed by atoms with Gasteiger partial charge in [0.2, 0.25) is 5.43 Å². The number of amides is 1. The summed E-state index contributed by atoms with van der Waals surface area (Å²) in [5.41, 5.74) is -1.04. The van der Waals surface area contributed by atoms with Gasteiger partial charge in [0, 0.05) is 18.3 Å². The van der Waals surface area contributed by atoms with Crippen molar-refractivity contribution in [2.75, 3.05) is 5.32 Å². The average Bonchev–Trinajstić information content (AvgIpc) is 2.55. The number of benzene rings is 1. The number of aromatic amines is 1. The Kier molecular flexibility index (Phi) is 3.51. The summed E-state index contributed by atoms with van der Waals surface area (Å²) in [5, 5.41) is 19.5. The van der Waals surface area contributed by atoms with E-state index >= 15 is 0 Å². The molecule has 1 aromatic carbocycles. The molecule has 0 saturated carbocycles. The maximum atomic E-state index is 12.3. The number of hydrogen-bond acceptors (Lipinski definition) is 6. The lowest BCUT2D eigenvalue weighted by atomic mass is 10.2. The van der Waals surface area contributed by atoms with Crippen molar-refractivity contribution in [3.8, 4) is 0 Å². The molecule has 0 spiro atoms. The lowest BCUT2D eigenvalue weighted by Crippen LogP contribution is -2.24. The highest BCUT2D eigenvalue weighted by molar-refractivity contribution is 6.03. The summed E-state index contributed by atoms with van der Waals surface area (Å²) < 4.78 is 0. The molecule has 0 bridgehead atoms. The van der Waals surface area contributed by atoms with Crippen molar-refractivity contribution >= 4 is 28.3 Å². The van der Waals surface area contributed by atoms with Gasteiger partial charge in [0.15, 0.2) is 5.69 Å². The number of nitrogens with one attached hydrogen (secondary N) is 2. The molecule has 1 amide bonds. The largest absolute Gasteiger partial charge is 0.305 e. The van der Waals surface area contributed by atoms with Crippen LogP contribution >= 0.6 is 0 Å². The maximum Gasteiger partial charge on any atom is 0.281 e. The first-order valence-electron chi connectivity index (χ1n) is 6.45. The first-order valence-corrected chi connectivity index (χ1v) is 6.45. The molecule has 9 heteroatoms. The van der Waals surface area contributed by atoms with Crippen LogP contribution in [0.5, 0.6) is 0 Å². The van der Waals surface area contributed by atoms with Gasteiger partial charge in [0.25, 0.3) is 11.6 Å². The van der Waals surface area contributed by atoms with E-state index in [1.807, 2.05) is 0 Å². The number of fused-ring (bicyclic) bond motifs is 1. The van der Waals surface area contributed by atoms with E-state index in [0.717, 1.165) is 6.07 Å². The average molecular weight is 311 g/mol. The molecule has 2 aromatic heterocycles. The van der Waals surface area contributed by atoms with Crippen LogP contribution in [0.1, 0.15) is 10.5 Å². The molecular formula is C14H9N5O4. The van der Waals surface area contributed by atoms with Gasteiger partial charge in [-0.05, 0) is 18.2 Å². The number of pyridine rings is 1. The number of anilines is 1. The van der Waals surface area contributed by atoms with Crippen molar-refractivity contribution < 1.29 is 9.72 Å². The van der Waals surface area contributed by atoms with E-state index in [2.05, 4.69) is 20.5 Å². The predicted octanol–water partition coefficient (Wildman–Crippen LogP) is 1.48. The SMILES string of the molecule is O=C(Nc1ccccn1)c1n[nH]c2ccc([N+](=O)[O-])cc2c1=O. The number of non-ortho nitro benzene ring substituents is 1. The standard InChI is InChI=1S/C14H9N5O4/c20-13-9-7-8(19(22)23)4-5-10(9)17-18-12(13)14(21)16-11-3-1-2-6-15-11/h1-7H,(H,17,20)(H,15,16,21). The Balaban J connectivity index is 2.04. The lowest BCUT2D eigenvalue weighted by Gasteiger charge is -2.04. The highest BCUT2D eigenvalue weighted by Crippen LogP contribution is 2.16. The second kappa shape index (κ2) is 5.64. The van der Waals surface area contributed by atoms with E-state index in [-0.39, 0.29) is 16.9 Å². The second-order valence-corrected chi connectivity index (χ2v) is 4.56. The van der Waals surface area contributed by atoms with Crippen LogP contribution in [0.15, 0.2) is 47.4 Å². The number of hydrogen-bond donors (Lipinski definition) is 2. The van der Waals surface area contributed by atoms with Crippen molar-refractivity contribution in [2.24, 2.45) is 0 Å². The van der Waals surface area contributed by atoms with Crippen molar-refractivity contribution in [2.45, 2.75) is 0 Å². The summed E-state index contributed by atoms with van der Waals surface area (Å²) >= 11 is 0. The van der Waals surface area contributed by atoms with E-state index in [0.29, 0.717) is 5.52 Å². The van der Waals surface area contributed by atoms with Gasteiger partial charge in [-0.25, -0.2) is 4.98 Å². The van der Waals surface area contributed by atoms with Gasteiger partial charge in [-0.2, -0.15) is 5.10 Å². The minimum Gasteiger partial charge on any atom is -0.305 e. The number of carbonyl (C=O) groups is 1. The molecular weight excluding hydrogens is 302 g/mol. The van der Waals surface area contributed by atoms with Crippen LogP contribution in [0.2, 0.25) is 0 Å². The Morgan fingerprint density at radius 3 is 2.78 bits per heavy atom. The molecule has 2 N–H and O–H groups in total. The molecule has 3 rings (SSSR count). The highest BCUT2D eigenvalue weighted by Gasteiger charge is 2.17. The van der Waals surface area contributed by atoms with Gasteiger partial charge in [-0.3, -0.25) is 24.8 Å². The predicted molar refractivity (Wildman–Crippen MR) is 81.2 cm³/mol. The summed E-state index contributed by atoms with van der Waals surface area (Å²) in [7, 11) is 0. The zero-order valence-corrected chi connectivity index (χ0v) is 11.5. The molecule has 0 aliphatic carbocycles. The number of nitro benzene ring substituents is 1. The van der Waals surface area contributed by atoms with Crippen molar-refractivity contribution in [1.29, 1.82) is 0 Å². The topological polar surface area (TPSA) is 131 Å². The van der Waals surface area contributed by atoms with Gasteiger partial charge in [0.05, 0.1) is 15.8 Å². The summed E-state index contributed by atoms with van der Waals surface area (Å²) in [6, 6.07) is 8.61. The van der Waals surface area contributed by atoms with Gasteiger partial charge in [-0.15, -0.1) is 0 Å². The minimum absolute atomic E-state index is 0.0142. The third-order valence-electron chi connectivity index (χ3n) is 3.08. The van der Waals surface area contributed by atoms with Crippen LogP contribution in [-0.2, 0) is 0 Å². The van der Waals surface area contributed by atoms with Crippen LogP contribution in [0.25, 0.3) is 10.9 Å². The van der Waals surface area contributed by atoms with Gasteiger partial charge in [-0.1, -0.05) is 6.07 Å². The zero-order valence-electron chi connectivity index (χ0n) is 11.5. The van der Waals surface area contributed by atoms with Gasteiger partial charge in [0.1, 0.15) is 5.82 Å². The molecule has 0 saturated heterocycles. The van der Waals surface area contributed by atoms with Crippen molar-refractivity contribution in [1.82, 2.24) is 15.2 Å². The van der Waals surface area contributed by atoms with Crippen molar-refractivity contribution in [3.05, 3.63) is 68.6 Å². The maximum absolute atomic E-state index is 12.3. The Morgan fingerprint density at radius 2 is 2.09 bits per heavy atom. The van der Waals surface area contributed by atoms with Crippen LogP contribution < -0.4 is 10.7 Å². The summed E-state index contributed by atoms with van der Waals surface area (Å²) in [6.07, 6.45) is 1.48. The number of H-pyrrole nitrogens is 1. The van der Waals surface area contributed by atoms with E-state index in [1.54, 1.807) is 18.2 Å². The molecule has 2 heterocycles. The first-order chi connectivity index (χ1) is 11.1. The number of nitro groups is 1. The summed E-state index contributed by atoms with van der Waals surface area (Å²) in [5.74, 6) is -0.490. The summed E-state index contributed by atoms with van der Waals surface area (Å²) in [6.45, 7) is 0. The molecule has 0 unspecified atom stereocenters. The van der Waals surface area contributed by atoms with Crippen LogP contribution in [0.4, 0.5) is 11.5 Å². The van der Waals surface area contributed by atoms with Gasteiger partial charge < -0.3 is 5.32 Å². The number of rotatable bonds is 3. The quantitative estimate of drug-likeness (QED) is 0.556. The number of nitrogens with zero attached hydrogens (tertiary/aromatic N) is 3. The van der Waals surface area contributed by atoms with Crippen molar-refractivity contribution in [3.63, 3.8) is 0 Å². The molecule has 0 fully saturated rings. The third kappa shape index (κ3) is 2.75. The highest BCUT2D eigenvalue weighted by atomic mass is 16.6. The fourth-order valence-electron chi connectivity index (χ4n) is 1.99. The molecule has 114 valence electrons. The van der Waals surface area contributed by atoms with E-state index in [4.69, 9.17) is 0 Å². The molecule has 23 heavy (non-hydrogen) atoms. The van der Waals surface area contributed by atoms with Crippen LogP contribution in [0, 0.1) is 10.1 Å². The molecule has 0 aliphatic heterocycles.